The highest BCUT2D eigenvalue weighted by molar-refractivity contribution is 7.09. The van der Waals surface area contributed by atoms with Crippen LogP contribution in [-0.2, 0) is 11.3 Å². The van der Waals surface area contributed by atoms with Gasteiger partial charge >= 0.3 is 0 Å². The fourth-order valence-corrected chi connectivity index (χ4v) is 2.63. The number of rotatable bonds is 2. The van der Waals surface area contributed by atoms with Gasteiger partial charge in [-0.25, -0.2) is 4.98 Å². The van der Waals surface area contributed by atoms with Crippen LogP contribution in [0.3, 0.4) is 0 Å². The number of aromatic nitrogens is 1. The molecule has 1 N–H and O–H groups in total. The van der Waals surface area contributed by atoms with Crippen LogP contribution in [0.5, 0.6) is 0 Å². The van der Waals surface area contributed by atoms with E-state index in [-0.39, 0.29) is 18.4 Å². The predicted octanol–water partition coefficient (Wildman–Crippen LogP) is 1.42. The van der Waals surface area contributed by atoms with E-state index in [0.717, 1.165) is 5.01 Å². The highest BCUT2D eigenvalue weighted by Gasteiger charge is 2.26. The van der Waals surface area contributed by atoms with Crippen LogP contribution in [0.4, 0.5) is 5.69 Å². The third kappa shape index (κ3) is 2.22. The largest absolute Gasteiger partial charge is 0.343 e. The highest BCUT2D eigenvalue weighted by atomic mass is 32.1. The minimum absolute atomic E-state index is 0.0128. The summed E-state index contributed by atoms with van der Waals surface area (Å²) in [6.45, 7) is 0.404. The number of hydrogen-bond acceptors (Lipinski definition) is 4. The molecular formula is C13H11N3O2S. The molecule has 0 saturated heterocycles. The Kier molecular flexibility index (Phi) is 3.00. The summed E-state index contributed by atoms with van der Waals surface area (Å²) in [6, 6.07) is 7.11. The van der Waals surface area contributed by atoms with Crippen molar-refractivity contribution in [3.8, 4) is 0 Å². The van der Waals surface area contributed by atoms with Gasteiger partial charge in [-0.1, -0.05) is 12.1 Å². The summed E-state index contributed by atoms with van der Waals surface area (Å²) in [5.41, 5.74) is 1.16. The number of fused-ring (bicyclic) bond motifs is 1. The number of thiazole rings is 1. The fourth-order valence-electron chi connectivity index (χ4n) is 2.02. The lowest BCUT2D eigenvalue weighted by Crippen LogP contribution is -2.36. The first-order valence-corrected chi connectivity index (χ1v) is 6.69. The summed E-state index contributed by atoms with van der Waals surface area (Å²) in [5.74, 6) is -0.348. The van der Waals surface area contributed by atoms with Crippen LogP contribution in [-0.4, -0.2) is 23.3 Å². The molecule has 0 unspecified atom stereocenters. The number of nitrogens with one attached hydrogen (secondary N) is 1. The second-order valence-corrected chi connectivity index (χ2v) is 5.08. The summed E-state index contributed by atoms with van der Waals surface area (Å²) in [6.07, 6.45) is 1.71. The minimum Gasteiger partial charge on any atom is -0.343 e. The summed E-state index contributed by atoms with van der Waals surface area (Å²) < 4.78 is 0. The Balaban J connectivity index is 2.03. The van der Waals surface area contributed by atoms with Crippen molar-refractivity contribution < 1.29 is 9.59 Å². The number of hydrogen-bond donors (Lipinski definition) is 1. The average Bonchev–Trinajstić information content (AvgIpc) is 2.91. The minimum atomic E-state index is -0.217. The van der Waals surface area contributed by atoms with Crippen LogP contribution >= 0.6 is 11.3 Å². The lowest BCUT2D eigenvalue weighted by molar-refractivity contribution is -0.117. The van der Waals surface area contributed by atoms with Crippen molar-refractivity contribution in [2.24, 2.45) is 0 Å². The lowest BCUT2D eigenvalue weighted by atomic mass is 10.1. The molecule has 1 aliphatic heterocycles. The predicted molar refractivity (Wildman–Crippen MR) is 72.1 cm³/mol. The normalized spacial score (nSPS) is 14.8. The van der Waals surface area contributed by atoms with Crippen molar-refractivity contribution >= 4 is 28.8 Å². The van der Waals surface area contributed by atoms with E-state index < -0.39 is 0 Å². The van der Waals surface area contributed by atoms with Crippen LogP contribution in [0.15, 0.2) is 35.8 Å². The quantitative estimate of drug-likeness (QED) is 0.900. The van der Waals surface area contributed by atoms with Gasteiger partial charge < -0.3 is 10.2 Å². The van der Waals surface area contributed by atoms with Gasteiger partial charge in [0.25, 0.3) is 5.91 Å². The van der Waals surface area contributed by atoms with Crippen LogP contribution < -0.4 is 10.2 Å². The maximum absolute atomic E-state index is 12.1. The van der Waals surface area contributed by atoms with Gasteiger partial charge in [-0.3, -0.25) is 9.59 Å². The third-order valence-corrected chi connectivity index (χ3v) is 3.68. The fraction of sp³-hybridized carbons (Fsp3) is 0.154. The molecule has 0 fully saturated rings. The molecule has 0 radical (unpaired) electrons. The van der Waals surface area contributed by atoms with Crippen molar-refractivity contribution in [3.05, 3.63) is 46.4 Å². The van der Waals surface area contributed by atoms with Gasteiger partial charge in [-0.2, -0.15) is 0 Å². The Bertz CT molecular complexity index is 625. The molecule has 0 bridgehead atoms. The molecule has 0 aliphatic carbocycles. The van der Waals surface area contributed by atoms with Gasteiger partial charge in [0.1, 0.15) is 5.01 Å². The standard InChI is InChI=1S/C13H11N3O2S/c17-12-7-15-13(18)9-3-1-2-4-10(9)16(12)8-11-14-5-6-19-11/h1-6H,7-8H2,(H,15,18). The molecule has 2 aromatic rings. The van der Waals surface area contributed by atoms with Crippen molar-refractivity contribution in [3.63, 3.8) is 0 Å². The SMILES string of the molecule is O=C1NCC(=O)N(Cc2nccs2)c2ccccc21. The molecule has 0 spiro atoms. The maximum Gasteiger partial charge on any atom is 0.253 e. The van der Waals surface area contributed by atoms with Crippen LogP contribution in [0.1, 0.15) is 15.4 Å². The van der Waals surface area contributed by atoms with E-state index in [2.05, 4.69) is 10.3 Å². The van der Waals surface area contributed by atoms with Gasteiger partial charge in [0.2, 0.25) is 5.91 Å². The lowest BCUT2D eigenvalue weighted by Gasteiger charge is -2.20. The van der Waals surface area contributed by atoms with Gasteiger partial charge in [0, 0.05) is 11.6 Å². The molecule has 0 saturated carbocycles. The monoisotopic (exact) mass is 273 g/mol. The molecular weight excluding hydrogens is 262 g/mol. The van der Waals surface area contributed by atoms with Gasteiger partial charge in [-0.15, -0.1) is 11.3 Å². The first-order chi connectivity index (χ1) is 9.25. The van der Waals surface area contributed by atoms with Crippen molar-refractivity contribution in [1.29, 1.82) is 0 Å². The smallest absolute Gasteiger partial charge is 0.253 e. The zero-order valence-electron chi connectivity index (χ0n) is 10.00. The maximum atomic E-state index is 12.1. The van der Waals surface area contributed by atoms with Crippen LogP contribution in [0, 0.1) is 0 Å². The molecule has 2 heterocycles. The number of carbonyl (C=O) groups excluding carboxylic acids is 2. The van der Waals surface area contributed by atoms with E-state index in [1.807, 2.05) is 11.4 Å². The molecule has 2 amide bonds. The van der Waals surface area contributed by atoms with Crippen molar-refractivity contribution in [2.45, 2.75) is 6.54 Å². The second kappa shape index (κ2) is 4.81. The van der Waals surface area contributed by atoms with Gasteiger partial charge in [0.05, 0.1) is 24.3 Å². The van der Waals surface area contributed by atoms with E-state index in [9.17, 15) is 9.59 Å². The molecule has 96 valence electrons. The van der Waals surface area contributed by atoms with E-state index in [1.54, 1.807) is 29.3 Å². The molecule has 1 aromatic carbocycles. The molecule has 5 nitrogen and oxygen atoms in total. The number of nitrogens with zero attached hydrogens (tertiary/aromatic N) is 2. The van der Waals surface area contributed by atoms with E-state index >= 15 is 0 Å². The molecule has 6 heteroatoms. The molecule has 1 aromatic heterocycles. The summed E-state index contributed by atoms with van der Waals surface area (Å²) in [5, 5.41) is 5.33. The van der Waals surface area contributed by atoms with Crippen molar-refractivity contribution in [2.75, 3.05) is 11.4 Å². The second-order valence-electron chi connectivity index (χ2n) is 4.11. The van der Waals surface area contributed by atoms with Crippen LogP contribution in [0.25, 0.3) is 0 Å². The van der Waals surface area contributed by atoms with E-state index in [1.165, 1.54) is 11.3 Å². The molecule has 3 rings (SSSR count). The van der Waals surface area contributed by atoms with Crippen LogP contribution in [0.2, 0.25) is 0 Å². The van der Waals surface area contributed by atoms with Crippen molar-refractivity contribution in [1.82, 2.24) is 10.3 Å². The molecule has 1 aliphatic rings. The summed E-state index contributed by atoms with van der Waals surface area (Å²) >= 11 is 1.49. The third-order valence-electron chi connectivity index (χ3n) is 2.92. The summed E-state index contributed by atoms with van der Waals surface area (Å²) in [7, 11) is 0. The highest BCUT2D eigenvalue weighted by Crippen LogP contribution is 2.24. The van der Waals surface area contributed by atoms with Gasteiger partial charge in [0.15, 0.2) is 0 Å². The molecule has 19 heavy (non-hydrogen) atoms. The summed E-state index contributed by atoms with van der Waals surface area (Å²) in [4.78, 5) is 29.8. The zero-order chi connectivity index (χ0) is 13.2. The Hall–Kier alpha value is -2.21. The Morgan fingerprint density at radius 3 is 2.95 bits per heavy atom. The number of benzene rings is 1. The van der Waals surface area contributed by atoms with E-state index in [4.69, 9.17) is 0 Å². The Morgan fingerprint density at radius 2 is 2.16 bits per heavy atom. The Labute approximate surface area is 113 Å². The Morgan fingerprint density at radius 1 is 1.32 bits per heavy atom. The first-order valence-electron chi connectivity index (χ1n) is 5.81. The zero-order valence-corrected chi connectivity index (χ0v) is 10.8. The topological polar surface area (TPSA) is 62.3 Å². The first kappa shape index (κ1) is 11.9. The number of para-hydroxylation sites is 1. The van der Waals surface area contributed by atoms with Gasteiger partial charge in [-0.05, 0) is 12.1 Å². The number of amides is 2. The molecule has 0 atom stereocenters. The average molecular weight is 273 g/mol. The number of anilines is 1. The van der Waals surface area contributed by atoms with E-state index in [0.29, 0.717) is 17.8 Å². The number of carbonyl (C=O) groups is 2.